The molecule has 0 spiro atoms. The van der Waals surface area contributed by atoms with Crippen LogP contribution in [-0.2, 0) is 20.8 Å². The van der Waals surface area contributed by atoms with Crippen molar-refractivity contribution in [2.24, 2.45) is 0 Å². The predicted molar refractivity (Wildman–Crippen MR) is 138 cm³/mol. The summed E-state index contributed by atoms with van der Waals surface area (Å²) in [6, 6.07) is 10.3. The first kappa shape index (κ1) is 28.6. The minimum absolute atomic E-state index is 0.00666. The average molecular weight is 534 g/mol. The molecule has 2 amide bonds. The van der Waals surface area contributed by atoms with E-state index < -0.39 is 23.6 Å². The highest BCUT2D eigenvalue weighted by atomic mass is 35.5. The summed E-state index contributed by atoms with van der Waals surface area (Å²) in [7, 11) is 0. The van der Waals surface area contributed by atoms with Gasteiger partial charge in [0.05, 0.1) is 25.4 Å². The van der Waals surface area contributed by atoms with Crippen LogP contribution in [-0.4, -0.2) is 68.7 Å². The molecule has 0 radical (unpaired) electrons. The fraction of sp³-hybridized carbons (Fsp3) is 0.444. The third-order valence-electron chi connectivity index (χ3n) is 6.01. The number of hydrogen-bond donors (Lipinski definition) is 2. The van der Waals surface area contributed by atoms with Crippen molar-refractivity contribution in [3.8, 4) is 0 Å². The number of ether oxygens (including phenoxy) is 2. The van der Waals surface area contributed by atoms with Crippen molar-refractivity contribution < 1.29 is 28.2 Å². The molecule has 8 nitrogen and oxygen atoms in total. The van der Waals surface area contributed by atoms with Crippen LogP contribution in [0.25, 0.3) is 0 Å². The lowest BCUT2D eigenvalue weighted by Crippen LogP contribution is -2.37. The quantitative estimate of drug-likeness (QED) is 0.299. The van der Waals surface area contributed by atoms with Gasteiger partial charge in [-0.05, 0) is 49.2 Å². The number of amides is 2. The van der Waals surface area contributed by atoms with Crippen molar-refractivity contribution in [1.82, 2.24) is 15.5 Å². The van der Waals surface area contributed by atoms with E-state index in [-0.39, 0.29) is 30.8 Å². The van der Waals surface area contributed by atoms with Crippen LogP contribution >= 0.6 is 11.6 Å². The summed E-state index contributed by atoms with van der Waals surface area (Å²) in [6.45, 7) is 4.67. The molecule has 0 aliphatic carbocycles. The Morgan fingerprint density at radius 3 is 2.51 bits per heavy atom. The van der Waals surface area contributed by atoms with E-state index in [0.29, 0.717) is 10.6 Å². The number of nitrogens with zero attached hydrogens (tertiary/aromatic N) is 1. The SMILES string of the molecule is O=C(CNC(=O)OCCCCCCN1CCOCC1)NCc1ccc(Cl)cc1C(=O)c1ccccc1F. The first-order valence-electron chi connectivity index (χ1n) is 12.5. The number of nitrogens with one attached hydrogen (secondary N) is 2. The van der Waals surface area contributed by atoms with Crippen LogP contribution in [0.5, 0.6) is 0 Å². The average Bonchev–Trinajstić information content (AvgIpc) is 2.91. The largest absolute Gasteiger partial charge is 0.450 e. The lowest BCUT2D eigenvalue weighted by atomic mass is 9.98. The summed E-state index contributed by atoms with van der Waals surface area (Å²) >= 11 is 6.04. The Balaban J connectivity index is 1.33. The molecular formula is C27H33ClFN3O5. The summed E-state index contributed by atoms with van der Waals surface area (Å²) < 4.78 is 24.6. The number of ketones is 1. The molecule has 1 heterocycles. The molecule has 2 aromatic rings. The number of halogens is 2. The number of unbranched alkanes of at least 4 members (excludes halogenated alkanes) is 3. The molecule has 2 aromatic carbocycles. The van der Waals surface area contributed by atoms with Gasteiger partial charge in [0.2, 0.25) is 5.91 Å². The molecule has 0 saturated carbocycles. The highest BCUT2D eigenvalue weighted by Crippen LogP contribution is 2.21. The minimum Gasteiger partial charge on any atom is -0.450 e. The van der Waals surface area contributed by atoms with Gasteiger partial charge in [-0.15, -0.1) is 0 Å². The number of hydrogen-bond acceptors (Lipinski definition) is 6. The monoisotopic (exact) mass is 533 g/mol. The van der Waals surface area contributed by atoms with Crippen LogP contribution in [0.2, 0.25) is 5.02 Å². The zero-order valence-electron chi connectivity index (χ0n) is 20.8. The van der Waals surface area contributed by atoms with E-state index in [4.69, 9.17) is 21.1 Å². The Labute approximate surface area is 221 Å². The van der Waals surface area contributed by atoms with Crippen LogP contribution in [0.15, 0.2) is 42.5 Å². The second-order valence-electron chi connectivity index (χ2n) is 8.74. The van der Waals surface area contributed by atoms with Crippen molar-refractivity contribution in [3.63, 3.8) is 0 Å². The Hall–Kier alpha value is -3.01. The Morgan fingerprint density at radius 2 is 1.73 bits per heavy atom. The summed E-state index contributed by atoms with van der Waals surface area (Å²) in [5.74, 6) is -1.63. The number of rotatable bonds is 13. The fourth-order valence-electron chi connectivity index (χ4n) is 3.95. The van der Waals surface area contributed by atoms with Crippen molar-refractivity contribution in [2.75, 3.05) is 46.0 Å². The molecule has 1 saturated heterocycles. The first-order chi connectivity index (χ1) is 17.9. The van der Waals surface area contributed by atoms with Crippen LogP contribution in [0, 0.1) is 5.82 Å². The van der Waals surface area contributed by atoms with Crippen LogP contribution < -0.4 is 10.6 Å². The molecule has 10 heteroatoms. The van der Waals surface area contributed by atoms with Gasteiger partial charge in [-0.25, -0.2) is 9.18 Å². The summed E-state index contributed by atoms with van der Waals surface area (Å²) in [5, 5.41) is 5.37. The molecule has 37 heavy (non-hydrogen) atoms. The number of morpholine rings is 1. The normalized spacial score (nSPS) is 13.7. The second kappa shape index (κ2) is 15.3. The highest BCUT2D eigenvalue weighted by Gasteiger charge is 2.18. The molecule has 0 aromatic heterocycles. The molecular weight excluding hydrogens is 501 g/mol. The van der Waals surface area contributed by atoms with E-state index in [9.17, 15) is 18.8 Å². The maximum absolute atomic E-state index is 14.1. The lowest BCUT2D eigenvalue weighted by Gasteiger charge is -2.26. The second-order valence-corrected chi connectivity index (χ2v) is 9.18. The van der Waals surface area contributed by atoms with E-state index in [2.05, 4.69) is 15.5 Å². The molecule has 2 N–H and O–H groups in total. The van der Waals surface area contributed by atoms with Gasteiger partial charge in [0, 0.05) is 30.2 Å². The van der Waals surface area contributed by atoms with Crippen molar-refractivity contribution in [1.29, 1.82) is 0 Å². The summed E-state index contributed by atoms with van der Waals surface area (Å²) in [5.41, 5.74) is 0.580. The fourth-order valence-corrected chi connectivity index (χ4v) is 4.12. The maximum Gasteiger partial charge on any atom is 0.407 e. The van der Waals surface area contributed by atoms with Crippen LogP contribution in [0.4, 0.5) is 9.18 Å². The molecule has 1 aliphatic rings. The van der Waals surface area contributed by atoms with E-state index in [0.717, 1.165) is 58.5 Å². The van der Waals surface area contributed by atoms with Crippen molar-refractivity contribution >= 4 is 29.4 Å². The Bertz CT molecular complexity index is 1060. The zero-order chi connectivity index (χ0) is 26.5. The standard InChI is InChI=1S/C27H33ClFN3O5/c28-21-10-9-20(23(17-21)26(34)22-7-3-4-8-24(22)29)18-30-25(33)19-31-27(35)37-14-6-2-1-5-11-32-12-15-36-16-13-32/h3-4,7-10,17H,1-2,5-6,11-16,18-19H2,(H,30,33)(H,31,35). The molecule has 3 rings (SSSR count). The number of alkyl carbamates (subject to hydrolysis) is 1. The molecule has 1 fully saturated rings. The maximum atomic E-state index is 14.1. The number of benzene rings is 2. The highest BCUT2D eigenvalue weighted by molar-refractivity contribution is 6.31. The number of carbonyl (C=O) groups is 3. The molecule has 0 unspecified atom stereocenters. The van der Waals surface area contributed by atoms with E-state index in [1.165, 1.54) is 24.3 Å². The van der Waals surface area contributed by atoms with Gasteiger partial charge >= 0.3 is 6.09 Å². The van der Waals surface area contributed by atoms with Gasteiger partial charge in [-0.2, -0.15) is 0 Å². The van der Waals surface area contributed by atoms with E-state index >= 15 is 0 Å². The molecule has 0 bridgehead atoms. The molecule has 1 aliphatic heterocycles. The number of carbonyl (C=O) groups excluding carboxylic acids is 3. The van der Waals surface area contributed by atoms with Crippen LogP contribution in [0.3, 0.4) is 0 Å². The first-order valence-corrected chi connectivity index (χ1v) is 12.9. The lowest BCUT2D eigenvalue weighted by molar-refractivity contribution is -0.120. The van der Waals surface area contributed by atoms with Gasteiger partial charge in [0.1, 0.15) is 12.4 Å². The Morgan fingerprint density at radius 1 is 0.973 bits per heavy atom. The van der Waals surface area contributed by atoms with Crippen molar-refractivity contribution in [2.45, 2.75) is 32.2 Å². The minimum atomic E-state index is -0.662. The summed E-state index contributed by atoms with van der Waals surface area (Å²) in [4.78, 5) is 39.3. The topological polar surface area (TPSA) is 97.0 Å². The zero-order valence-corrected chi connectivity index (χ0v) is 21.5. The van der Waals surface area contributed by atoms with Gasteiger partial charge in [-0.1, -0.05) is 42.6 Å². The van der Waals surface area contributed by atoms with E-state index in [1.54, 1.807) is 18.2 Å². The van der Waals surface area contributed by atoms with Crippen molar-refractivity contribution in [3.05, 3.63) is 70.0 Å². The predicted octanol–water partition coefficient (Wildman–Crippen LogP) is 3.95. The molecule has 200 valence electrons. The van der Waals surface area contributed by atoms with Crippen LogP contribution in [0.1, 0.15) is 47.2 Å². The molecule has 0 atom stereocenters. The van der Waals surface area contributed by atoms with E-state index in [1.807, 2.05) is 0 Å². The Kier molecular flexibility index (Phi) is 11.8. The third-order valence-corrected chi connectivity index (χ3v) is 6.24. The van der Waals surface area contributed by atoms with Gasteiger partial charge in [0.25, 0.3) is 0 Å². The summed E-state index contributed by atoms with van der Waals surface area (Å²) in [6.07, 6.45) is 3.24. The van der Waals surface area contributed by atoms with Gasteiger partial charge in [-0.3, -0.25) is 14.5 Å². The smallest absolute Gasteiger partial charge is 0.407 e. The third kappa shape index (κ3) is 9.76. The van der Waals surface area contributed by atoms with Gasteiger partial charge < -0.3 is 20.1 Å². The van der Waals surface area contributed by atoms with Gasteiger partial charge in [0.15, 0.2) is 5.78 Å².